The Morgan fingerprint density at radius 2 is 2.22 bits per heavy atom. The molecular weight excluding hydrogens is 224 g/mol. The zero-order valence-electron chi connectivity index (χ0n) is 11.3. The van der Waals surface area contributed by atoms with Gasteiger partial charge in [-0.3, -0.25) is 4.90 Å². The van der Waals surface area contributed by atoms with E-state index < -0.39 is 0 Å². The first-order valence-corrected chi connectivity index (χ1v) is 6.51. The fourth-order valence-corrected chi connectivity index (χ4v) is 2.31. The Kier molecular flexibility index (Phi) is 3.88. The summed E-state index contributed by atoms with van der Waals surface area (Å²) in [7, 11) is 0. The number of likely N-dealkylation sites (tertiary alicyclic amines) is 1. The average molecular weight is 244 g/mol. The quantitative estimate of drug-likeness (QED) is 0.820. The van der Waals surface area contributed by atoms with Crippen LogP contribution in [0.4, 0.5) is 0 Å². The summed E-state index contributed by atoms with van der Waals surface area (Å²) in [6, 6.07) is 8.51. The van der Waals surface area contributed by atoms with Gasteiger partial charge >= 0.3 is 0 Å². The van der Waals surface area contributed by atoms with Crippen molar-refractivity contribution in [1.29, 1.82) is 5.26 Å². The van der Waals surface area contributed by atoms with Crippen molar-refractivity contribution in [2.45, 2.75) is 39.3 Å². The van der Waals surface area contributed by atoms with Crippen molar-refractivity contribution in [3.63, 3.8) is 0 Å². The highest BCUT2D eigenvalue weighted by atomic mass is 16.5. The van der Waals surface area contributed by atoms with Crippen LogP contribution in [0.3, 0.4) is 0 Å². The number of hydrogen-bond donors (Lipinski definition) is 0. The minimum atomic E-state index is 0.252. The smallest absolute Gasteiger partial charge is 0.121 e. The fourth-order valence-electron chi connectivity index (χ4n) is 2.31. The molecule has 0 spiro atoms. The summed E-state index contributed by atoms with van der Waals surface area (Å²) in [6.45, 7) is 8.44. The van der Waals surface area contributed by atoms with Crippen LogP contribution >= 0.6 is 0 Å². The number of rotatable bonds is 3. The molecule has 1 heterocycles. The topological polar surface area (TPSA) is 36.3 Å². The van der Waals surface area contributed by atoms with E-state index in [0.717, 1.165) is 30.8 Å². The van der Waals surface area contributed by atoms with Crippen molar-refractivity contribution in [3.8, 4) is 11.8 Å². The summed E-state index contributed by atoms with van der Waals surface area (Å²) in [5, 5.41) is 9.00. The van der Waals surface area contributed by atoms with E-state index in [1.54, 1.807) is 0 Å². The average Bonchev–Trinajstić information content (AvgIpc) is 2.80. The minimum Gasteiger partial charge on any atom is -0.489 e. The van der Waals surface area contributed by atoms with Crippen molar-refractivity contribution >= 4 is 0 Å². The third-order valence-corrected chi connectivity index (χ3v) is 3.54. The molecule has 2 rings (SSSR count). The van der Waals surface area contributed by atoms with Gasteiger partial charge in [0, 0.05) is 19.1 Å². The van der Waals surface area contributed by atoms with Gasteiger partial charge in [0.05, 0.1) is 11.6 Å². The summed E-state index contributed by atoms with van der Waals surface area (Å²) < 4.78 is 5.96. The zero-order valence-corrected chi connectivity index (χ0v) is 11.3. The van der Waals surface area contributed by atoms with Gasteiger partial charge in [-0.2, -0.15) is 5.26 Å². The van der Waals surface area contributed by atoms with Crippen molar-refractivity contribution in [2.75, 3.05) is 13.1 Å². The Morgan fingerprint density at radius 3 is 2.83 bits per heavy atom. The third-order valence-electron chi connectivity index (χ3n) is 3.54. The van der Waals surface area contributed by atoms with Gasteiger partial charge in [0.1, 0.15) is 11.9 Å². The third kappa shape index (κ3) is 2.83. The van der Waals surface area contributed by atoms with E-state index in [2.05, 4.69) is 24.8 Å². The van der Waals surface area contributed by atoms with Gasteiger partial charge in [0.2, 0.25) is 0 Å². The van der Waals surface area contributed by atoms with Gasteiger partial charge in [-0.25, -0.2) is 0 Å². The molecule has 1 aliphatic heterocycles. The predicted octanol–water partition coefficient (Wildman–Crippen LogP) is 2.73. The Morgan fingerprint density at radius 1 is 1.44 bits per heavy atom. The normalized spacial score (nSPS) is 20.1. The summed E-state index contributed by atoms with van der Waals surface area (Å²) in [6.07, 6.45) is 1.31. The lowest BCUT2D eigenvalue weighted by Crippen LogP contribution is -2.30. The maximum absolute atomic E-state index is 9.00. The molecular formula is C15H20N2O. The van der Waals surface area contributed by atoms with Crippen LogP contribution < -0.4 is 4.74 Å². The number of nitrogens with zero attached hydrogens (tertiary/aromatic N) is 2. The van der Waals surface area contributed by atoms with E-state index in [-0.39, 0.29) is 6.10 Å². The summed E-state index contributed by atoms with van der Waals surface area (Å²) >= 11 is 0. The van der Waals surface area contributed by atoms with Crippen molar-refractivity contribution in [1.82, 2.24) is 4.90 Å². The molecule has 1 aliphatic rings. The monoisotopic (exact) mass is 244 g/mol. The highest BCUT2D eigenvalue weighted by Crippen LogP contribution is 2.22. The lowest BCUT2D eigenvalue weighted by Gasteiger charge is -2.20. The second-order valence-electron chi connectivity index (χ2n) is 5.21. The molecule has 18 heavy (non-hydrogen) atoms. The fraction of sp³-hybridized carbons (Fsp3) is 0.533. The van der Waals surface area contributed by atoms with E-state index in [1.807, 2.05) is 25.1 Å². The SMILES string of the molecule is Cc1ccc(OC2CCN(C(C)C)C2)cc1C#N. The standard InChI is InChI=1S/C15H20N2O/c1-11(2)17-7-6-15(10-17)18-14-5-4-12(3)13(8-14)9-16/h4-5,8,11,15H,6-7,10H2,1-3H3. The predicted molar refractivity (Wildman–Crippen MR) is 71.6 cm³/mol. The molecule has 1 fully saturated rings. The van der Waals surface area contributed by atoms with Crippen LogP contribution in [0.15, 0.2) is 18.2 Å². The molecule has 1 unspecified atom stereocenters. The molecule has 3 nitrogen and oxygen atoms in total. The van der Waals surface area contributed by atoms with E-state index >= 15 is 0 Å². The lowest BCUT2D eigenvalue weighted by molar-refractivity contribution is 0.187. The first-order chi connectivity index (χ1) is 8.60. The van der Waals surface area contributed by atoms with Crippen LogP contribution in [0.25, 0.3) is 0 Å². The molecule has 96 valence electrons. The van der Waals surface area contributed by atoms with E-state index in [9.17, 15) is 0 Å². The number of nitriles is 1. The molecule has 0 radical (unpaired) electrons. The van der Waals surface area contributed by atoms with Gasteiger partial charge in [0.25, 0.3) is 0 Å². The van der Waals surface area contributed by atoms with Crippen molar-refractivity contribution in [2.24, 2.45) is 0 Å². The summed E-state index contributed by atoms with van der Waals surface area (Å²) in [5.41, 5.74) is 1.70. The van der Waals surface area contributed by atoms with E-state index in [4.69, 9.17) is 10.00 Å². The zero-order chi connectivity index (χ0) is 13.1. The van der Waals surface area contributed by atoms with Crippen molar-refractivity contribution in [3.05, 3.63) is 29.3 Å². The maximum Gasteiger partial charge on any atom is 0.121 e. The van der Waals surface area contributed by atoms with Crippen molar-refractivity contribution < 1.29 is 4.74 Å². The molecule has 1 atom stereocenters. The first-order valence-electron chi connectivity index (χ1n) is 6.51. The largest absolute Gasteiger partial charge is 0.489 e. The highest BCUT2D eigenvalue weighted by Gasteiger charge is 2.25. The van der Waals surface area contributed by atoms with Gasteiger partial charge in [-0.15, -0.1) is 0 Å². The van der Waals surface area contributed by atoms with Gasteiger partial charge in [-0.1, -0.05) is 6.07 Å². The second-order valence-corrected chi connectivity index (χ2v) is 5.21. The molecule has 0 aromatic heterocycles. The summed E-state index contributed by atoms with van der Waals surface area (Å²) in [5.74, 6) is 0.813. The Balaban J connectivity index is 2.01. The molecule has 1 aromatic rings. The van der Waals surface area contributed by atoms with Crippen LogP contribution in [0.5, 0.6) is 5.75 Å². The maximum atomic E-state index is 9.00. The van der Waals surface area contributed by atoms with Crippen LogP contribution in [0, 0.1) is 18.3 Å². The number of ether oxygens (including phenoxy) is 1. The van der Waals surface area contributed by atoms with Crippen LogP contribution in [0.1, 0.15) is 31.4 Å². The molecule has 0 amide bonds. The molecule has 0 saturated carbocycles. The first kappa shape index (κ1) is 12.9. The Labute approximate surface area is 109 Å². The van der Waals surface area contributed by atoms with E-state index in [1.165, 1.54) is 0 Å². The number of aryl methyl sites for hydroxylation is 1. The van der Waals surface area contributed by atoms with Gasteiger partial charge in [0.15, 0.2) is 0 Å². The molecule has 3 heteroatoms. The molecule has 0 N–H and O–H groups in total. The Hall–Kier alpha value is -1.53. The minimum absolute atomic E-state index is 0.252. The number of benzene rings is 1. The molecule has 1 saturated heterocycles. The van der Waals surface area contributed by atoms with Crippen LogP contribution in [-0.4, -0.2) is 30.1 Å². The second kappa shape index (κ2) is 5.41. The van der Waals surface area contributed by atoms with Gasteiger partial charge in [-0.05, 0) is 44.9 Å². The molecule has 1 aromatic carbocycles. The van der Waals surface area contributed by atoms with Crippen LogP contribution in [0.2, 0.25) is 0 Å². The molecule has 0 aliphatic carbocycles. The highest BCUT2D eigenvalue weighted by molar-refractivity contribution is 5.42. The van der Waals surface area contributed by atoms with Gasteiger partial charge < -0.3 is 4.74 Å². The summed E-state index contributed by atoms with van der Waals surface area (Å²) in [4.78, 5) is 2.42. The Bertz CT molecular complexity index is 462. The van der Waals surface area contributed by atoms with E-state index in [0.29, 0.717) is 11.6 Å². The lowest BCUT2D eigenvalue weighted by atomic mass is 10.1. The molecule has 0 bridgehead atoms. The van der Waals surface area contributed by atoms with Crippen LogP contribution in [-0.2, 0) is 0 Å². The number of hydrogen-bond acceptors (Lipinski definition) is 3.